The van der Waals surface area contributed by atoms with Gasteiger partial charge in [0.25, 0.3) is 0 Å². The van der Waals surface area contributed by atoms with Gasteiger partial charge in [0.05, 0.1) is 13.2 Å². The molecule has 0 aliphatic carbocycles. The number of benzene rings is 1. The Balaban J connectivity index is 2.43. The highest BCUT2D eigenvalue weighted by molar-refractivity contribution is 9.09. The fraction of sp³-hybridized carbons (Fsp3) is 0.455. The van der Waals surface area contributed by atoms with Crippen LogP contribution in [0.4, 0.5) is 0 Å². The molecule has 0 saturated heterocycles. The van der Waals surface area contributed by atoms with E-state index in [0.29, 0.717) is 5.33 Å². The van der Waals surface area contributed by atoms with Crippen LogP contribution < -0.4 is 4.74 Å². The van der Waals surface area contributed by atoms with E-state index < -0.39 is 0 Å². The van der Waals surface area contributed by atoms with Crippen LogP contribution in [0.1, 0.15) is 12.0 Å². The summed E-state index contributed by atoms with van der Waals surface area (Å²) in [4.78, 5) is 0. The van der Waals surface area contributed by atoms with E-state index in [1.165, 1.54) is 5.56 Å². The van der Waals surface area contributed by atoms with Crippen molar-refractivity contribution in [1.29, 1.82) is 0 Å². The summed E-state index contributed by atoms with van der Waals surface area (Å²) in [6.07, 6.45) is 1.44. The summed E-state index contributed by atoms with van der Waals surface area (Å²) < 4.78 is 5.06. The van der Waals surface area contributed by atoms with E-state index in [2.05, 4.69) is 15.9 Å². The number of alkyl halides is 1. The first-order valence-corrected chi connectivity index (χ1v) is 5.75. The molecule has 0 bridgehead atoms. The second kappa shape index (κ2) is 6.04. The standard InChI is InChI=1S/C11H15BrO2/c1-14-11-6-3-9(4-7-11)2-5-10(13)8-12/h3-4,6-7,10,13H,2,5,8H2,1H3. The number of aliphatic hydroxyl groups excluding tert-OH is 1. The Kier molecular flexibility index (Phi) is 4.98. The lowest BCUT2D eigenvalue weighted by Crippen LogP contribution is -2.08. The smallest absolute Gasteiger partial charge is 0.118 e. The highest BCUT2D eigenvalue weighted by atomic mass is 79.9. The second-order valence-corrected chi connectivity index (χ2v) is 3.84. The van der Waals surface area contributed by atoms with Gasteiger partial charge in [0, 0.05) is 5.33 Å². The van der Waals surface area contributed by atoms with E-state index in [1.807, 2.05) is 24.3 Å². The van der Waals surface area contributed by atoms with Crippen molar-refractivity contribution in [2.24, 2.45) is 0 Å². The SMILES string of the molecule is COc1ccc(CCC(O)CBr)cc1. The molecule has 1 aromatic rings. The first kappa shape index (κ1) is 11.5. The minimum Gasteiger partial charge on any atom is -0.497 e. The highest BCUT2D eigenvalue weighted by Crippen LogP contribution is 2.13. The van der Waals surface area contributed by atoms with Gasteiger partial charge in [-0.1, -0.05) is 28.1 Å². The summed E-state index contributed by atoms with van der Waals surface area (Å²) in [6.45, 7) is 0. The van der Waals surface area contributed by atoms with Gasteiger partial charge in [-0.15, -0.1) is 0 Å². The van der Waals surface area contributed by atoms with E-state index in [1.54, 1.807) is 7.11 Å². The number of aryl methyl sites for hydroxylation is 1. The normalized spacial score (nSPS) is 12.5. The quantitative estimate of drug-likeness (QED) is 0.823. The maximum atomic E-state index is 9.35. The number of aliphatic hydroxyl groups is 1. The van der Waals surface area contributed by atoms with E-state index in [4.69, 9.17) is 4.74 Å². The number of halogens is 1. The lowest BCUT2D eigenvalue weighted by atomic mass is 10.1. The third-order valence-electron chi connectivity index (χ3n) is 2.10. The van der Waals surface area contributed by atoms with Gasteiger partial charge in [-0.25, -0.2) is 0 Å². The summed E-state index contributed by atoms with van der Waals surface area (Å²) in [5.74, 6) is 0.870. The molecular formula is C11H15BrO2. The third kappa shape index (κ3) is 3.68. The van der Waals surface area contributed by atoms with Crippen molar-refractivity contribution in [1.82, 2.24) is 0 Å². The Morgan fingerprint density at radius 2 is 2.00 bits per heavy atom. The Morgan fingerprint density at radius 1 is 1.36 bits per heavy atom. The van der Waals surface area contributed by atoms with Crippen LogP contribution in [-0.4, -0.2) is 23.7 Å². The van der Waals surface area contributed by atoms with Gasteiger partial charge in [-0.2, -0.15) is 0 Å². The molecule has 1 N–H and O–H groups in total. The average molecular weight is 259 g/mol. The highest BCUT2D eigenvalue weighted by Gasteiger charge is 2.02. The van der Waals surface area contributed by atoms with Crippen LogP contribution in [0, 0.1) is 0 Å². The molecule has 2 nitrogen and oxygen atoms in total. The molecule has 0 heterocycles. The number of hydrogen-bond acceptors (Lipinski definition) is 2. The van der Waals surface area contributed by atoms with Crippen molar-refractivity contribution in [3.63, 3.8) is 0 Å². The maximum absolute atomic E-state index is 9.35. The van der Waals surface area contributed by atoms with Crippen molar-refractivity contribution in [2.45, 2.75) is 18.9 Å². The van der Waals surface area contributed by atoms with Crippen LogP contribution in [0.5, 0.6) is 5.75 Å². The Bertz CT molecular complexity index is 258. The number of rotatable bonds is 5. The molecule has 14 heavy (non-hydrogen) atoms. The fourth-order valence-electron chi connectivity index (χ4n) is 1.20. The fourth-order valence-corrected chi connectivity index (χ4v) is 1.53. The third-order valence-corrected chi connectivity index (χ3v) is 2.85. The topological polar surface area (TPSA) is 29.5 Å². The molecule has 1 atom stereocenters. The van der Waals surface area contributed by atoms with E-state index in [0.717, 1.165) is 18.6 Å². The molecule has 0 saturated carbocycles. The molecule has 0 spiro atoms. The molecule has 0 aliphatic rings. The lowest BCUT2D eigenvalue weighted by Gasteiger charge is -2.06. The molecule has 1 unspecified atom stereocenters. The molecule has 78 valence electrons. The Hall–Kier alpha value is -0.540. The number of methoxy groups -OCH3 is 1. The van der Waals surface area contributed by atoms with E-state index >= 15 is 0 Å². The van der Waals surface area contributed by atoms with Crippen LogP contribution in [0.2, 0.25) is 0 Å². The van der Waals surface area contributed by atoms with Gasteiger partial charge in [0.2, 0.25) is 0 Å². The maximum Gasteiger partial charge on any atom is 0.118 e. The number of ether oxygens (including phenoxy) is 1. The van der Waals surface area contributed by atoms with Crippen LogP contribution in [0.15, 0.2) is 24.3 Å². The largest absolute Gasteiger partial charge is 0.497 e. The van der Waals surface area contributed by atoms with Gasteiger partial charge in [0.1, 0.15) is 5.75 Å². The van der Waals surface area contributed by atoms with Gasteiger partial charge in [-0.05, 0) is 30.5 Å². The summed E-state index contributed by atoms with van der Waals surface area (Å²) >= 11 is 3.24. The zero-order chi connectivity index (χ0) is 10.4. The van der Waals surface area contributed by atoms with Gasteiger partial charge >= 0.3 is 0 Å². The zero-order valence-electron chi connectivity index (χ0n) is 8.24. The zero-order valence-corrected chi connectivity index (χ0v) is 9.83. The molecule has 3 heteroatoms. The molecule has 0 amide bonds. The van der Waals surface area contributed by atoms with E-state index in [9.17, 15) is 5.11 Å². The molecule has 1 aromatic carbocycles. The van der Waals surface area contributed by atoms with Crippen molar-refractivity contribution in [3.05, 3.63) is 29.8 Å². The monoisotopic (exact) mass is 258 g/mol. The molecule has 0 aliphatic heterocycles. The van der Waals surface area contributed by atoms with Crippen molar-refractivity contribution in [3.8, 4) is 5.75 Å². The minimum absolute atomic E-state index is 0.253. The molecule has 1 rings (SSSR count). The van der Waals surface area contributed by atoms with Gasteiger partial charge < -0.3 is 9.84 Å². The summed E-state index contributed by atoms with van der Waals surface area (Å²) in [6, 6.07) is 7.94. The summed E-state index contributed by atoms with van der Waals surface area (Å²) in [5.41, 5.74) is 1.23. The lowest BCUT2D eigenvalue weighted by molar-refractivity contribution is 0.191. The number of hydrogen-bond donors (Lipinski definition) is 1. The van der Waals surface area contributed by atoms with E-state index in [-0.39, 0.29) is 6.10 Å². The van der Waals surface area contributed by atoms with Crippen LogP contribution in [0.25, 0.3) is 0 Å². The van der Waals surface area contributed by atoms with Crippen molar-refractivity contribution < 1.29 is 9.84 Å². The van der Waals surface area contributed by atoms with Crippen molar-refractivity contribution >= 4 is 15.9 Å². The van der Waals surface area contributed by atoms with Crippen LogP contribution >= 0.6 is 15.9 Å². The first-order chi connectivity index (χ1) is 6.76. The van der Waals surface area contributed by atoms with Gasteiger partial charge in [0.15, 0.2) is 0 Å². The molecule has 0 fully saturated rings. The molecular weight excluding hydrogens is 244 g/mol. The second-order valence-electron chi connectivity index (χ2n) is 3.19. The summed E-state index contributed by atoms with van der Waals surface area (Å²) in [7, 11) is 1.66. The van der Waals surface area contributed by atoms with Gasteiger partial charge in [-0.3, -0.25) is 0 Å². The Morgan fingerprint density at radius 3 is 2.50 bits per heavy atom. The van der Waals surface area contributed by atoms with Crippen molar-refractivity contribution in [2.75, 3.05) is 12.4 Å². The average Bonchev–Trinajstić information content (AvgIpc) is 2.26. The van der Waals surface area contributed by atoms with Crippen LogP contribution in [0.3, 0.4) is 0 Å². The first-order valence-electron chi connectivity index (χ1n) is 4.63. The minimum atomic E-state index is -0.253. The van der Waals surface area contributed by atoms with Crippen LogP contribution in [-0.2, 0) is 6.42 Å². The Labute approximate surface area is 93.0 Å². The predicted octanol–water partition coefficient (Wildman–Crippen LogP) is 2.38. The summed E-state index contributed by atoms with van der Waals surface area (Å²) in [5, 5.41) is 9.99. The molecule has 0 aromatic heterocycles. The predicted molar refractivity (Wildman–Crippen MR) is 61.1 cm³/mol. The molecule has 0 radical (unpaired) electrons.